The van der Waals surface area contributed by atoms with Crippen LogP contribution in [0.4, 0.5) is 5.82 Å². The van der Waals surface area contributed by atoms with E-state index in [4.69, 9.17) is 4.74 Å². The lowest BCUT2D eigenvalue weighted by molar-refractivity contribution is -0.132. The highest BCUT2D eigenvalue weighted by Gasteiger charge is 2.31. The summed E-state index contributed by atoms with van der Waals surface area (Å²) in [7, 11) is 0. The third kappa shape index (κ3) is 4.90. The van der Waals surface area contributed by atoms with E-state index in [2.05, 4.69) is 25.2 Å². The summed E-state index contributed by atoms with van der Waals surface area (Å²) < 4.78 is 7.26. The zero-order valence-electron chi connectivity index (χ0n) is 21.7. The first-order valence-electron chi connectivity index (χ1n) is 13.2. The molecule has 9 heteroatoms. The van der Waals surface area contributed by atoms with Crippen LogP contribution in [0.3, 0.4) is 0 Å². The minimum Gasteiger partial charge on any atom is -0.494 e. The van der Waals surface area contributed by atoms with Crippen molar-refractivity contribution < 1.29 is 9.53 Å². The van der Waals surface area contributed by atoms with E-state index in [1.54, 1.807) is 11.0 Å². The van der Waals surface area contributed by atoms with Crippen LogP contribution in [0, 0.1) is 0 Å². The molecule has 3 heterocycles. The van der Waals surface area contributed by atoms with Gasteiger partial charge >= 0.3 is 0 Å². The predicted octanol–water partition coefficient (Wildman–Crippen LogP) is 4.09. The molecule has 0 bridgehead atoms. The number of aromatic nitrogens is 5. The standard InChI is InChI=1S/C30H29N7O2/c1-2-39-25-15-13-24(14-16-25)37-29-27(33-34-37)28(31-21-32-29)35-17-19-36(20-18-35)30(38)26(22-9-5-3-6-10-22)23-11-7-4-8-12-23/h3-16,21,26H,2,17-20H2,1H3. The van der Waals surface area contributed by atoms with Crippen LogP contribution in [-0.4, -0.2) is 68.6 Å². The molecule has 2 aromatic heterocycles. The zero-order chi connectivity index (χ0) is 26.6. The van der Waals surface area contributed by atoms with Crippen molar-refractivity contribution in [2.24, 2.45) is 0 Å². The maximum absolute atomic E-state index is 13.8. The SMILES string of the molecule is CCOc1ccc(-n2nnc3c(N4CCN(C(=O)C(c5ccccc5)c5ccccc5)CC4)ncnc32)cc1. The van der Waals surface area contributed by atoms with Gasteiger partial charge in [-0.25, -0.2) is 9.97 Å². The van der Waals surface area contributed by atoms with E-state index in [0.717, 1.165) is 28.4 Å². The molecule has 0 aliphatic carbocycles. The van der Waals surface area contributed by atoms with Gasteiger partial charge in [-0.15, -0.1) is 5.10 Å². The molecular formula is C30H29N7O2. The lowest BCUT2D eigenvalue weighted by atomic mass is 9.90. The molecule has 1 saturated heterocycles. The number of piperazine rings is 1. The molecule has 0 spiro atoms. The van der Waals surface area contributed by atoms with Crippen molar-refractivity contribution in [3.05, 3.63) is 102 Å². The van der Waals surface area contributed by atoms with Crippen molar-refractivity contribution in [3.63, 3.8) is 0 Å². The van der Waals surface area contributed by atoms with Crippen molar-refractivity contribution in [2.45, 2.75) is 12.8 Å². The number of carbonyl (C=O) groups excluding carboxylic acids is 1. The van der Waals surface area contributed by atoms with Gasteiger partial charge in [0.15, 0.2) is 17.0 Å². The highest BCUT2D eigenvalue weighted by molar-refractivity contribution is 5.88. The molecule has 1 aliphatic heterocycles. The molecule has 0 radical (unpaired) electrons. The minimum atomic E-state index is -0.335. The fourth-order valence-electron chi connectivity index (χ4n) is 5.08. The summed E-state index contributed by atoms with van der Waals surface area (Å²) in [5, 5.41) is 8.79. The van der Waals surface area contributed by atoms with Gasteiger partial charge < -0.3 is 14.5 Å². The monoisotopic (exact) mass is 519 g/mol. The number of nitrogens with zero attached hydrogens (tertiary/aromatic N) is 7. The first kappa shape index (κ1) is 24.5. The molecule has 5 aromatic rings. The number of hydrogen-bond donors (Lipinski definition) is 0. The van der Waals surface area contributed by atoms with Crippen LogP contribution in [-0.2, 0) is 4.79 Å². The largest absolute Gasteiger partial charge is 0.494 e. The van der Waals surface area contributed by atoms with Gasteiger partial charge in [-0.1, -0.05) is 65.9 Å². The second-order valence-corrected chi connectivity index (χ2v) is 9.36. The number of hydrogen-bond acceptors (Lipinski definition) is 7. The van der Waals surface area contributed by atoms with Gasteiger partial charge in [0.1, 0.15) is 12.1 Å². The molecule has 39 heavy (non-hydrogen) atoms. The van der Waals surface area contributed by atoms with Crippen LogP contribution in [0.5, 0.6) is 5.75 Å². The summed E-state index contributed by atoms with van der Waals surface area (Å²) in [6.07, 6.45) is 1.55. The second kappa shape index (κ2) is 10.9. The number of fused-ring (bicyclic) bond motifs is 1. The molecule has 6 rings (SSSR count). The smallest absolute Gasteiger partial charge is 0.234 e. The maximum atomic E-state index is 13.8. The first-order chi connectivity index (χ1) is 19.2. The fraction of sp³-hybridized carbons (Fsp3) is 0.233. The molecule has 1 fully saturated rings. The molecular weight excluding hydrogens is 490 g/mol. The van der Waals surface area contributed by atoms with Crippen molar-refractivity contribution in [2.75, 3.05) is 37.7 Å². The minimum absolute atomic E-state index is 0.112. The van der Waals surface area contributed by atoms with E-state index in [1.807, 2.05) is 96.8 Å². The van der Waals surface area contributed by atoms with Crippen LogP contribution in [0.25, 0.3) is 16.9 Å². The van der Waals surface area contributed by atoms with Gasteiger partial charge in [0.2, 0.25) is 5.91 Å². The molecule has 0 N–H and O–H groups in total. The molecule has 1 aliphatic rings. The van der Waals surface area contributed by atoms with Crippen LogP contribution < -0.4 is 9.64 Å². The lowest BCUT2D eigenvalue weighted by Crippen LogP contribution is -2.50. The Labute approximate surface area is 226 Å². The van der Waals surface area contributed by atoms with Crippen molar-refractivity contribution in [1.29, 1.82) is 0 Å². The number of amides is 1. The molecule has 3 aromatic carbocycles. The predicted molar refractivity (Wildman–Crippen MR) is 149 cm³/mol. The van der Waals surface area contributed by atoms with E-state index >= 15 is 0 Å². The number of carbonyl (C=O) groups is 1. The summed E-state index contributed by atoms with van der Waals surface area (Å²) in [5.41, 5.74) is 4.11. The lowest BCUT2D eigenvalue weighted by Gasteiger charge is -2.37. The fourth-order valence-corrected chi connectivity index (χ4v) is 5.08. The number of rotatable bonds is 7. The summed E-state index contributed by atoms with van der Waals surface area (Å²) in [5.74, 6) is 1.31. The van der Waals surface area contributed by atoms with E-state index < -0.39 is 0 Å². The van der Waals surface area contributed by atoms with Crippen LogP contribution >= 0.6 is 0 Å². The van der Waals surface area contributed by atoms with E-state index in [9.17, 15) is 4.79 Å². The number of anilines is 1. The third-order valence-electron chi connectivity index (χ3n) is 7.01. The highest BCUT2D eigenvalue weighted by Crippen LogP contribution is 2.29. The Kier molecular flexibility index (Phi) is 6.86. The molecule has 1 amide bonds. The van der Waals surface area contributed by atoms with Crippen molar-refractivity contribution in [1.82, 2.24) is 29.9 Å². The Balaban J connectivity index is 1.21. The van der Waals surface area contributed by atoms with Gasteiger partial charge in [0.25, 0.3) is 0 Å². The zero-order valence-corrected chi connectivity index (χ0v) is 21.7. The Hall–Kier alpha value is -4.79. The molecule has 9 nitrogen and oxygen atoms in total. The van der Waals surface area contributed by atoms with Crippen LogP contribution in [0.2, 0.25) is 0 Å². The highest BCUT2D eigenvalue weighted by atomic mass is 16.5. The van der Waals surface area contributed by atoms with Gasteiger partial charge in [-0.2, -0.15) is 4.68 Å². The number of benzene rings is 3. The maximum Gasteiger partial charge on any atom is 0.234 e. The Morgan fingerprint density at radius 1 is 0.846 bits per heavy atom. The van der Waals surface area contributed by atoms with E-state index in [1.165, 1.54) is 0 Å². The summed E-state index contributed by atoms with van der Waals surface area (Å²) in [6.45, 7) is 5.04. The second-order valence-electron chi connectivity index (χ2n) is 9.36. The normalized spacial score (nSPS) is 13.7. The third-order valence-corrected chi connectivity index (χ3v) is 7.01. The van der Waals surface area contributed by atoms with E-state index in [0.29, 0.717) is 43.9 Å². The molecule has 0 unspecified atom stereocenters. The summed E-state index contributed by atoms with van der Waals surface area (Å²) >= 11 is 0. The number of ether oxygens (including phenoxy) is 1. The van der Waals surface area contributed by atoms with Gasteiger partial charge in [-0.05, 0) is 42.3 Å². The average Bonchev–Trinajstić information content (AvgIpc) is 3.44. The van der Waals surface area contributed by atoms with Gasteiger partial charge in [0.05, 0.1) is 18.2 Å². The Morgan fingerprint density at radius 3 is 2.10 bits per heavy atom. The topological polar surface area (TPSA) is 89.3 Å². The Bertz CT molecular complexity index is 1510. The van der Waals surface area contributed by atoms with Crippen molar-refractivity contribution >= 4 is 22.9 Å². The molecule has 0 saturated carbocycles. The summed E-state index contributed by atoms with van der Waals surface area (Å²) in [4.78, 5) is 27.0. The van der Waals surface area contributed by atoms with Gasteiger partial charge in [-0.3, -0.25) is 4.79 Å². The van der Waals surface area contributed by atoms with Gasteiger partial charge in [0, 0.05) is 26.2 Å². The Morgan fingerprint density at radius 2 is 1.49 bits per heavy atom. The molecule has 0 atom stereocenters. The average molecular weight is 520 g/mol. The van der Waals surface area contributed by atoms with Crippen LogP contribution in [0.1, 0.15) is 24.0 Å². The van der Waals surface area contributed by atoms with Crippen molar-refractivity contribution in [3.8, 4) is 11.4 Å². The quantitative estimate of drug-likeness (QED) is 0.320. The van der Waals surface area contributed by atoms with Crippen LogP contribution in [0.15, 0.2) is 91.3 Å². The summed E-state index contributed by atoms with van der Waals surface area (Å²) in [6, 6.07) is 27.7. The molecule has 196 valence electrons. The first-order valence-corrected chi connectivity index (χ1v) is 13.2. The van der Waals surface area contributed by atoms with E-state index in [-0.39, 0.29) is 11.8 Å².